The maximum absolute atomic E-state index is 5.34. The first kappa shape index (κ1) is 16.3. The molecular formula is C20H22N2O2. The summed E-state index contributed by atoms with van der Waals surface area (Å²) in [7, 11) is 3.40. The van der Waals surface area contributed by atoms with Gasteiger partial charge in [-0.3, -0.25) is 4.68 Å². The highest BCUT2D eigenvalue weighted by Gasteiger charge is 2.06. The van der Waals surface area contributed by atoms with E-state index in [0.29, 0.717) is 0 Å². The molecule has 0 fully saturated rings. The molecule has 0 aliphatic rings. The minimum atomic E-state index is 0.108. The Morgan fingerprint density at radius 2 is 1.67 bits per heavy atom. The average molecular weight is 322 g/mol. The quantitative estimate of drug-likeness (QED) is 0.678. The molecule has 3 rings (SSSR count). The summed E-state index contributed by atoms with van der Waals surface area (Å²) in [5.41, 5.74) is 4.63. The number of aromatic nitrogens is 2. The van der Waals surface area contributed by atoms with Gasteiger partial charge in [0.1, 0.15) is 5.75 Å². The van der Waals surface area contributed by atoms with Crippen LogP contribution in [0.3, 0.4) is 0 Å². The van der Waals surface area contributed by atoms with Crippen LogP contribution in [0.5, 0.6) is 5.75 Å². The monoisotopic (exact) mass is 322 g/mol. The highest BCUT2D eigenvalue weighted by Crippen LogP contribution is 2.23. The number of benzene rings is 2. The van der Waals surface area contributed by atoms with E-state index in [-0.39, 0.29) is 6.10 Å². The van der Waals surface area contributed by atoms with E-state index in [0.717, 1.165) is 23.4 Å². The van der Waals surface area contributed by atoms with Gasteiger partial charge < -0.3 is 9.47 Å². The normalized spacial score (nSPS) is 12.1. The van der Waals surface area contributed by atoms with Crippen molar-refractivity contribution in [2.75, 3.05) is 14.2 Å². The summed E-state index contributed by atoms with van der Waals surface area (Å²) < 4.78 is 12.5. The third-order valence-electron chi connectivity index (χ3n) is 4.20. The Morgan fingerprint density at radius 3 is 2.29 bits per heavy atom. The molecule has 1 atom stereocenters. The van der Waals surface area contributed by atoms with Gasteiger partial charge in [0.05, 0.1) is 26.0 Å². The average Bonchev–Trinajstić information content (AvgIpc) is 3.10. The third kappa shape index (κ3) is 3.66. The van der Waals surface area contributed by atoms with Crippen LogP contribution in [0.15, 0.2) is 60.9 Å². The van der Waals surface area contributed by atoms with Gasteiger partial charge >= 0.3 is 0 Å². The summed E-state index contributed by atoms with van der Waals surface area (Å²) in [6.07, 6.45) is 4.08. The van der Waals surface area contributed by atoms with E-state index in [1.54, 1.807) is 14.2 Å². The SMILES string of the molecule is COc1ccc(Cn2cc(-c3ccc(C(C)OC)cc3)cn2)cc1. The molecule has 1 heterocycles. The van der Waals surface area contributed by atoms with E-state index in [1.807, 2.05) is 29.9 Å². The number of nitrogens with zero attached hydrogens (tertiary/aromatic N) is 2. The molecule has 0 aliphatic carbocycles. The lowest BCUT2D eigenvalue weighted by Crippen LogP contribution is -1.99. The zero-order chi connectivity index (χ0) is 16.9. The molecule has 0 amide bonds. The smallest absolute Gasteiger partial charge is 0.118 e. The molecule has 24 heavy (non-hydrogen) atoms. The first-order chi connectivity index (χ1) is 11.7. The predicted octanol–water partition coefficient (Wildman–Crippen LogP) is 4.31. The van der Waals surface area contributed by atoms with Crippen molar-refractivity contribution < 1.29 is 9.47 Å². The van der Waals surface area contributed by atoms with Gasteiger partial charge in [0, 0.05) is 18.9 Å². The summed E-state index contributed by atoms with van der Waals surface area (Å²) in [5.74, 6) is 0.866. The van der Waals surface area contributed by atoms with Crippen LogP contribution in [0.1, 0.15) is 24.2 Å². The lowest BCUT2D eigenvalue weighted by Gasteiger charge is -2.09. The fourth-order valence-electron chi connectivity index (χ4n) is 2.60. The summed E-state index contributed by atoms with van der Waals surface area (Å²) in [6, 6.07) is 16.5. The number of ether oxygens (including phenoxy) is 2. The van der Waals surface area contributed by atoms with Gasteiger partial charge in [0.25, 0.3) is 0 Å². The Morgan fingerprint density at radius 1 is 0.958 bits per heavy atom. The topological polar surface area (TPSA) is 36.3 Å². The number of hydrogen-bond donors (Lipinski definition) is 0. The maximum Gasteiger partial charge on any atom is 0.118 e. The maximum atomic E-state index is 5.34. The molecule has 0 N–H and O–H groups in total. The van der Waals surface area contributed by atoms with Gasteiger partial charge in [-0.1, -0.05) is 36.4 Å². The number of rotatable bonds is 6. The molecule has 3 aromatic rings. The van der Waals surface area contributed by atoms with Crippen LogP contribution in [-0.2, 0) is 11.3 Å². The molecule has 0 aliphatic heterocycles. The molecule has 0 spiro atoms. The van der Waals surface area contributed by atoms with E-state index in [2.05, 4.69) is 47.7 Å². The van der Waals surface area contributed by atoms with Crippen LogP contribution in [0.25, 0.3) is 11.1 Å². The van der Waals surface area contributed by atoms with Crippen molar-refractivity contribution in [3.05, 3.63) is 72.1 Å². The zero-order valence-corrected chi connectivity index (χ0v) is 14.3. The van der Waals surface area contributed by atoms with E-state index in [1.165, 1.54) is 11.1 Å². The second-order valence-electron chi connectivity index (χ2n) is 5.77. The summed E-state index contributed by atoms with van der Waals surface area (Å²) in [5, 5.41) is 4.46. The zero-order valence-electron chi connectivity index (χ0n) is 14.3. The lowest BCUT2D eigenvalue weighted by atomic mass is 10.0. The van der Waals surface area contributed by atoms with Crippen LogP contribution in [-0.4, -0.2) is 24.0 Å². The third-order valence-corrected chi connectivity index (χ3v) is 4.20. The Hall–Kier alpha value is -2.59. The van der Waals surface area contributed by atoms with Crippen molar-refractivity contribution in [3.8, 4) is 16.9 Å². The van der Waals surface area contributed by atoms with E-state index >= 15 is 0 Å². The van der Waals surface area contributed by atoms with Crippen molar-refractivity contribution in [3.63, 3.8) is 0 Å². The first-order valence-electron chi connectivity index (χ1n) is 7.98. The standard InChI is InChI=1S/C20H22N2O2/c1-15(23-2)17-6-8-18(9-7-17)19-12-21-22(14-19)13-16-4-10-20(24-3)11-5-16/h4-12,14-15H,13H2,1-3H3. The van der Waals surface area contributed by atoms with Crippen LogP contribution in [0, 0.1) is 0 Å². The van der Waals surface area contributed by atoms with Crippen molar-refractivity contribution in [1.29, 1.82) is 0 Å². The highest BCUT2D eigenvalue weighted by molar-refractivity contribution is 5.62. The van der Waals surface area contributed by atoms with Crippen LogP contribution in [0.4, 0.5) is 0 Å². The van der Waals surface area contributed by atoms with Gasteiger partial charge in [-0.2, -0.15) is 5.10 Å². The molecule has 0 bridgehead atoms. The Kier molecular flexibility index (Phi) is 4.96. The largest absolute Gasteiger partial charge is 0.497 e. The Labute approximate surface area is 142 Å². The van der Waals surface area contributed by atoms with Gasteiger partial charge in [0.2, 0.25) is 0 Å². The van der Waals surface area contributed by atoms with Crippen molar-refractivity contribution in [2.45, 2.75) is 19.6 Å². The predicted molar refractivity (Wildman–Crippen MR) is 95.2 cm³/mol. The molecule has 4 nitrogen and oxygen atoms in total. The van der Waals surface area contributed by atoms with Crippen LogP contribution >= 0.6 is 0 Å². The second-order valence-corrected chi connectivity index (χ2v) is 5.77. The van der Waals surface area contributed by atoms with Crippen LogP contribution in [0.2, 0.25) is 0 Å². The molecule has 0 saturated heterocycles. The van der Waals surface area contributed by atoms with Crippen molar-refractivity contribution >= 4 is 0 Å². The van der Waals surface area contributed by atoms with Crippen LogP contribution < -0.4 is 4.74 Å². The second kappa shape index (κ2) is 7.32. The number of methoxy groups -OCH3 is 2. The first-order valence-corrected chi connectivity index (χ1v) is 7.98. The van der Waals surface area contributed by atoms with Crippen molar-refractivity contribution in [2.24, 2.45) is 0 Å². The molecule has 2 aromatic carbocycles. The number of hydrogen-bond acceptors (Lipinski definition) is 3. The molecule has 4 heteroatoms. The summed E-state index contributed by atoms with van der Waals surface area (Å²) in [6.45, 7) is 2.78. The highest BCUT2D eigenvalue weighted by atomic mass is 16.5. The Balaban J connectivity index is 1.72. The molecule has 0 saturated carbocycles. The molecule has 124 valence electrons. The van der Waals surface area contributed by atoms with E-state index < -0.39 is 0 Å². The van der Waals surface area contributed by atoms with E-state index in [9.17, 15) is 0 Å². The van der Waals surface area contributed by atoms with Gasteiger partial charge in [-0.25, -0.2) is 0 Å². The summed E-state index contributed by atoms with van der Waals surface area (Å²) in [4.78, 5) is 0. The van der Waals surface area contributed by atoms with Gasteiger partial charge in [-0.05, 0) is 35.7 Å². The summed E-state index contributed by atoms with van der Waals surface area (Å²) >= 11 is 0. The minimum Gasteiger partial charge on any atom is -0.497 e. The molecule has 1 unspecified atom stereocenters. The van der Waals surface area contributed by atoms with E-state index in [4.69, 9.17) is 9.47 Å². The molecule has 1 aromatic heterocycles. The molecular weight excluding hydrogens is 300 g/mol. The fraction of sp³-hybridized carbons (Fsp3) is 0.250. The Bertz CT molecular complexity index is 776. The molecule has 0 radical (unpaired) electrons. The minimum absolute atomic E-state index is 0.108. The van der Waals surface area contributed by atoms with Gasteiger partial charge in [-0.15, -0.1) is 0 Å². The van der Waals surface area contributed by atoms with Crippen molar-refractivity contribution in [1.82, 2.24) is 9.78 Å². The van der Waals surface area contributed by atoms with Gasteiger partial charge in [0.15, 0.2) is 0 Å². The lowest BCUT2D eigenvalue weighted by molar-refractivity contribution is 0.119. The fourth-order valence-corrected chi connectivity index (χ4v) is 2.60.